The van der Waals surface area contributed by atoms with Crippen molar-refractivity contribution >= 4 is 17.9 Å². The van der Waals surface area contributed by atoms with Crippen molar-refractivity contribution in [2.75, 3.05) is 47.5 Å². The zero-order valence-electron chi connectivity index (χ0n) is 52.2. The zero-order valence-corrected chi connectivity index (χ0v) is 52.2. The molecule has 0 N–H and O–H groups in total. The summed E-state index contributed by atoms with van der Waals surface area (Å²) in [5, 5.41) is 11.8. The van der Waals surface area contributed by atoms with Gasteiger partial charge in [0.15, 0.2) is 12.4 Å². The molecule has 0 saturated heterocycles. The summed E-state index contributed by atoms with van der Waals surface area (Å²) in [7, 11) is 5.92. The number of quaternary nitrogens is 1. The number of carboxylic acid groups (broad SMARTS) is 1. The lowest BCUT2D eigenvalue weighted by molar-refractivity contribution is -0.870. The van der Waals surface area contributed by atoms with Crippen LogP contribution in [0.2, 0.25) is 0 Å². The Morgan fingerprint density at radius 1 is 0.388 bits per heavy atom. The molecule has 0 spiro atoms. The average molecular weight is 1120 g/mol. The van der Waals surface area contributed by atoms with E-state index in [9.17, 15) is 19.5 Å². The molecule has 0 saturated carbocycles. The minimum Gasteiger partial charge on any atom is -0.545 e. The van der Waals surface area contributed by atoms with Gasteiger partial charge in [-0.05, 0) is 83.5 Å². The number of aliphatic carboxylic acids is 1. The monoisotopic (exact) mass is 1120 g/mol. The second kappa shape index (κ2) is 61.0. The lowest BCUT2D eigenvalue weighted by Crippen LogP contribution is -2.44. The highest BCUT2D eigenvalue weighted by Crippen LogP contribution is 2.16. The number of nitrogens with zero attached hydrogens (tertiary/aromatic N) is 1. The smallest absolute Gasteiger partial charge is 0.306 e. The number of hydrogen-bond donors (Lipinski definition) is 0. The number of likely N-dealkylation sites (N-methyl/N-ethyl adjacent to an activating group) is 1. The Labute approximate surface area is 492 Å². The summed E-state index contributed by atoms with van der Waals surface area (Å²) in [6.07, 6.45) is 81.5. The average Bonchev–Trinajstić information content (AvgIpc) is 3.43. The third kappa shape index (κ3) is 61.6. The molecule has 0 aliphatic heterocycles. The van der Waals surface area contributed by atoms with Gasteiger partial charge in [0.2, 0.25) is 0 Å². The molecule has 0 amide bonds. The quantitative estimate of drug-likeness (QED) is 0.0195. The Hall–Kier alpha value is -4.05. The summed E-state index contributed by atoms with van der Waals surface area (Å²) >= 11 is 0. The minimum atomic E-state index is -1.63. The van der Waals surface area contributed by atoms with E-state index >= 15 is 0 Å². The Balaban J connectivity index is 4.12. The van der Waals surface area contributed by atoms with Gasteiger partial charge in [-0.2, -0.15) is 0 Å². The number of unbranched alkanes of at least 4 members (excludes halogenated alkanes) is 26. The molecular weight excluding hydrogens is 995 g/mol. The maximum atomic E-state index is 12.9. The van der Waals surface area contributed by atoms with Crippen LogP contribution in [-0.4, -0.2) is 82.3 Å². The topological polar surface area (TPSA) is 111 Å². The Morgan fingerprint density at radius 2 is 0.713 bits per heavy atom. The van der Waals surface area contributed by atoms with E-state index in [-0.39, 0.29) is 32.2 Å². The maximum absolute atomic E-state index is 12.9. The van der Waals surface area contributed by atoms with E-state index in [0.29, 0.717) is 23.9 Å². The molecule has 0 rings (SSSR count). The molecule has 0 fully saturated rings. The van der Waals surface area contributed by atoms with Gasteiger partial charge in [0.1, 0.15) is 13.2 Å². The third-order valence-corrected chi connectivity index (χ3v) is 13.8. The molecule has 80 heavy (non-hydrogen) atoms. The van der Waals surface area contributed by atoms with Crippen LogP contribution in [0.15, 0.2) is 109 Å². The summed E-state index contributed by atoms with van der Waals surface area (Å²) in [6.45, 7) is 4.64. The lowest BCUT2D eigenvalue weighted by Gasteiger charge is -2.26. The number of esters is 2. The molecule has 458 valence electrons. The molecule has 0 heterocycles. The number of carbonyl (C=O) groups excluding carboxylic acids is 3. The van der Waals surface area contributed by atoms with E-state index in [0.717, 1.165) is 103 Å². The van der Waals surface area contributed by atoms with Gasteiger partial charge in [0, 0.05) is 12.8 Å². The van der Waals surface area contributed by atoms with Crippen molar-refractivity contribution in [3.05, 3.63) is 109 Å². The van der Waals surface area contributed by atoms with Crippen LogP contribution in [0, 0.1) is 0 Å². The Kier molecular flexibility index (Phi) is 57.9. The van der Waals surface area contributed by atoms with Crippen molar-refractivity contribution in [3.63, 3.8) is 0 Å². The van der Waals surface area contributed by atoms with Crippen LogP contribution in [0.5, 0.6) is 0 Å². The second-order valence-corrected chi connectivity index (χ2v) is 22.7. The molecule has 0 aromatic carbocycles. The van der Waals surface area contributed by atoms with Crippen LogP contribution in [0.1, 0.15) is 264 Å². The van der Waals surface area contributed by atoms with Gasteiger partial charge >= 0.3 is 11.9 Å². The number of allylic oxidation sites excluding steroid dienone is 18. The van der Waals surface area contributed by atoms with Crippen LogP contribution in [0.3, 0.4) is 0 Å². The predicted molar refractivity (Wildman–Crippen MR) is 338 cm³/mol. The normalized spacial score (nSPS) is 13.5. The molecule has 0 aromatic rings. The fourth-order valence-corrected chi connectivity index (χ4v) is 8.82. The third-order valence-electron chi connectivity index (χ3n) is 13.8. The van der Waals surface area contributed by atoms with E-state index in [1.54, 1.807) is 0 Å². The number of rotatable bonds is 59. The van der Waals surface area contributed by atoms with Crippen molar-refractivity contribution in [1.82, 2.24) is 0 Å². The molecule has 2 atom stereocenters. The van der Waals surface area contributed by atoms with Crippen LogP contribution in [0.25, 0.3) is 0 Å². The van der Waals surface area contributed by atoms with Gasteiger partial charge in [-0.1, -0.05) is 277 Å². The lowest BCUT2D eigenvalue weighted by atomic mass is 10.0. The number of hydrogen-bond acceptors (Lipinski definition) is 8. The molecule has 9 nitrogen and oxygen atoms in total. The first-order valence-corrected chi connectivity index (χ1v) is 32.5. The summed E-state index contributed by atoms with van der Waals surface area (Å²) in [5.74, 6) is -2.28. The van der Waals surface area contributed by atoms with Gasteiger partial charge in [0.25, 0.3) is 0 Å². The van der Waals surface area contributed by atoms with E-state index in [2.05, 4.69) is 123 Å². The standard InChI is InChI=1S/C71H121NO8/c1-6-8-10-12-14-16-18-20-22-24-25-26-27-28-29-30-31-32-33-34-35-36-37-38-39-40-41-42-43-44-45-46-48-50-52-54-56-58-60-62-69(74)80-67(66-79-71(70(75)76)77-64-63-72(3,4)5)65-78-68(73)61-59-57-55-53-51-49-47-23-21-19-17-15-13-11-9-7-2/h8,10,14,16,20,22,25-26,28-29,31-32,34-35,37-38,40-41,67,71H,6-7,9,11-13,15,17-19,21,23-24,27,30,33,36,39,42-66H2,1-5H3/b10-8-,16-14-,22-20-,26-25-,29-28-,32-31-,35-34-,38-37-,41-40-. The van der Waals surface area contributed by atoms with E-state index in [1.807, 2.05) is 21.1 Å². The van der Waals surface area contributed by atoms with Gasteiger partial charge < -0.3 is 33.3 Å². The Bertz CT molecular complexity index is 1680. The first kappa shape index (κ1) is 76.0. The number of carboxylic acids is 1. The predicted octanol–water partition coefficient (Wildman–Crippen LogP) is 18.5. The molecule has 0 aliphatic carbocycles. The first-order chi connectivity index (χ1) is 39.1. The first-order valence-electron chi connectivity index (χ1n) is 32.5. The molecule has 0 aromatic heterocycles. The van der Waals surface area contributed by atoms with Gasteiger partial charge in [-0.15, -0.1) is 0 Å². The molecule has 0 bridgehead atoms. The summed E-state index contributed by atoms with van der Waals surface area (Å²) < 4.78 is 22.7. The molecule has 0 aliphatic rings. The highest BCUT2D eigenvalue weighted by molar-refractivity contribution is 5.70. The summed E-state index contributed by atoms with van der Waals surface area (Å²) in [6, 6.07) is 0. The molecule has 9 heteroatoms. The zero-order chi connectivity index (χ0) is 58.3. The maximum Gasteiger partial charge on any atom is 0.306 e. The largest absolute Gasteiger partial charge is 0.545 e. The van der Waals surface area contributed by atoms with E-state index in [1.165, 1.54) is 128 Å². The number of ether oxygens (including phenoxy) is 4. The van der Waals surface area contributed by atoms with Gasteiger partial charge in [-0.25, -0.2) is 0 Å². The SMILES string of the molecule is CC/C=C\C/C=C\C/C=C\C/C=C\C/C=C\C/C=C\C/C=C\C/C=C\C/C=C\CCCCCCCCCCCCCC(=O)OC(COC(=O)CCCCCCCCCCCCCCCCCC)COC(OCC[N+](C)(C)C)C(=O)[O-]. The minimum absolute atomic E-state index is 0.145. The second-order valence-electron chi connectivity index (χ2n) is 22.7. The van der Waals surface area contributed by atoms with Crippen LogP contribution in [0.4, 0.5) is 0 Å². The van der Waals surface area contributed by atoms with Crippen LogP contribution < -0.4 is 5.11 Å². The highest BCUT2D eigenvalue weighted by atomic mass is 16.7. The molecule has 2 unspecified atom stereocenters. The van der Waals surface area contributed by atoms with Gasteiger partial charge in [0.05, 0.1) is 40.3 Å². The van der Waals surface area contributed by atoms with E-state index in [4.69, 9.17) is 18.9 Å². The highest BCUT2D eigenvalue weighted by Gasteiger charge is 2.22. The summed E-state index contributed by atoms with van der Waals surface area (Å²) in [5.41, 5.74) is 0. The van der Waals surface area contributed by atoms with Crippen molar-refractivity contribution < 1.29 is 42.9 Å². The molecule has 0 radical (unpaired) electrons. The van der Waals surface area contributed by atoms with E-state index < -0.39 is 24.3 Å². The number of carbonyl (C=O) groups is 3. The van der Waals surface area contributed by atoms with Crippen molar-refractivity contribution in [2.45, 2.75) is 277 Å². The fourth-order valence-electron chi connectivity index (χ4n) is 8.82. The summed E-state index contributed by atoms with van der Waals surface area (Å²) in [4.78, 5) is 37.3. The van der Waals surface area contributed by atoms with Gasteiger partial charge in [-0.3, -0.25) is 9.59 Å². The van der Waals surface area contributed by atoms with Crippen LogP contribution in [-0.2, 0) is 33.3 Å². The molecular formula is C71H121NO8. The van der Waals surface area contributed by atoms with Crippen molar-refractivity contribution in [3.8, 4) is 0 Å². The Morgan fingerprint density at radius 3 is 1.06 bits per heavy atom. The van der Waals surface area contributed by atoms with Crippen molar-refractivity contribution in [2.24, 2.45) is 0 Å². The fraction of sp³-hybridized carbons (Fsp3) is 0.704. The van der Waals surface area contributed by atoms with Crippen molar-refractivity contribution in [1.29, 1.82) is 0 Å². The van der Waals surface area contributed by atoms with Crippen LogP contribution >= 0.6 is 0 Å².